The highest BCUT2D eigenvalue weighted by molar-refractivity contribution is 6.30. The van der Waals surface area contributed by atoms with E-state index in [0.717, 1.165) is 22.5 Å². The van der Waals surface area contributed by atoms with Gasteiger partial charge < -0.3 is 10.2 Å². The van der Waals surface area contributed by atoms with Crippen molar-refractivity contribution in [2.24, 2.45) is 5.92 Å². The topological polar surface area (TPSA) is 80.1 Å². The van der Waals surface area contributed by atoms with Gasteiger partial charge in [0.1, 0.15) is 5.82 Å². The maximum Gasteiger partial charge on any atom is 0.228 e. The number of halogens is 1. The van der Waals surface area contributed by atoms with Gasteiger partial charge in [-0.2, -0.15) is 5.10 Å². The Morgan fingerprint density at radius 2 is 1.67 bits per heavy atom. The largest absolute Gasteiger partial charge is 0.342 e. The molecule has 5 rings (SSSR count). The maximum absolute atomic E-state index is 13.3. The fourth-order valence-electron chi connectivity index (χ4n) is 4.43. The minimum Gasteiger partial charge on any atom is -0.342 e. The Labute approximate surface area is 214 Å². The molecule has 1 N–H and O–H groups in total. The summed E-state index contributed by atoms with van der Waals surface area (Å²) in [5, 5.41) is 8.31. The van der Waals surface area contributed by atoms with Crippen molar-refractivity contribution in [3.63, 3.8) is 0 Å². The number of amides is 2. The quantitative estimate of drug-likeness (QED) is 0.404. The average Bonchev–Trinajstić information content (AvgIpc) is 3.34. The number of anilines is 1. The van der Waals surface area contributed by atoms with Gasteiger partial charge >= 0.3 is 0 Å². The molecular formula is C28H26ClN5O2. The van der Waals surface area contributed by atoms with Crippen LogP contribution in [0.3, 0.4) is 0 Å². The minimum atomic E-state index is -0.137. The first-order valence-electron chi connectivity index (χ1n) is 12.0. The number of rotatable bonds is 6. The van der Waals surface area contributed by atoms with Crippen LogP contribution in [0.2, 0.25) is 5.02 Å². The van der Waals surface area contributed by atoms with E-state index in [1.165, 1.54) is 0 Å². The number of nitrogens with one attached hydrogen (secondary N) is 1. The zero-order valence-electron chi connectivity index (χ0n) is 19.7. The van der Waals surface area contributed by atoms with Crippen LogP contribution >= 0.6 is 11.6 Å². The summed E-state index contributed by atoms with van der Waals surface area (Å²) in [5.74, 6) is 0.393. The van der Waals surface area contributed by atoms with Crippen LogP contribution in [0.25, 0.3) is 16.9 Å². The van der Waals surface area contributed by atoms with Crippen molar-refractivity contribution in [2.45, 2.75) is 19.3 Å². The molecule has 0 aliphatic carbocycles. The molecule has 0 saturated carbocycles. The van der Waals surface area contributed by atoms with E-state index >= 15 is 0 Å². The van der Waals surface area contributed by atoms with Crippen LogP contribution in [0.4, 0.5) is 5.82 Å². The van der Waals surface area contributed by atoms with Crippen LogP contribution in [-0.4, -0.2) is 44.6 Å². The molecule has 4 aromatic rings. The molecule has 2 aromatic heterocycles. The molecule has 1 fully saturated rings. The molecule has 2 aromatic carbocycles. The molecule has 0 unspecified atom stereocenters. The lowest BCUT2D eigenvalue weighted by molar-refractivity contribution is -0.133. The third kappa shape index (κ3) is 5.47. The van der Waals surface area contributed by atoms with Crippen LogP contribution < -0.4 is 5.32 Å². The number of carbonyl (C=O) groups excluding carboxylic acids is 2. The summed E-state index contributed by atoms with van der Waals surface area (Å²) in [6, 6.07) is 22.7. The van der Waals surface area contributed by atoms with E-state index in [0.29, 0.717) is 36.8 Å². The van der Waals surface area contributed by atoms with Crippen LogP contribution in [0.5, 0.6) is 0 Å². The normalized spacial score (nSPS) is 14.0. The van der Waals surface area contributed by atoms with Crippen molar-refractivity contribution in [2.75, 3.05) is 18.4 Å². The highest BCUT2D eigenvalue weighted by Gasteiger charge is 2.28. The Bertz CT molecular complexity index is 1330. The van der Waals surface area contributed by atoms with Gasteiger partial charge in [-0.15, -0.1) is 0 Å². The number of likely N-dealkylation sites (tertiary alicyclic amines) is 1. The van der Waals surface area contributed by atoms with Crippen LogP contribution in [0.1, 0.15) is 18.4 Å². The van der Waals surface area contributed by atoms with Gasteiger partial charge in [-0.3, -0.25) is 9.59 Å². The molecule has 8 heteroatoms. The molecule has 0 bridgehead atoms. The lowest BCUT2D eigenvalue weighted by atomic mass is 9.95. The molecule has 1 aliphatic rings. The molecule has 2 amide bonds. The van der Waals surface area contributed by atoms with Gasteiger partial charge in [0.15, 0.2) is 0 Å². The maximum atomic E-state index is 13.3. The number of pyridine rings is 1. The third-order valence-electron chi connectivity index (χ3n) is 6.40. The molecule has 7 nitrogen and oxygen atoms in total. The molecule has 1 saturated heterocycles. The van der Waals surface area contributed by atoms with Gasteiger partial charge in [-0.1, -0.05) is 48.0 Å². The minimum absolute atomic E-state index is 0.0291. The fraction of sp³-hybridized carbons (Fsp3) is 0.214. The summed E-state index contributed by atoms with van der Waals surface area (Å²) in [4.78, 5) is 31.9. The molecule has 36 heavy (non-hydrogen) atoms. The van der Waals surface area contributed by atoms with Crippen LogP contribution in [0.15, 0.2) is 85.2 Å². The van der Waals surface area contributed by atoms with Gasteiger partial charge in [0, 0.05) is 47.6 Å². The summed E-state index contributed by atoms with van der Waals surface area (Å²) in [6.07, 6.45) is 5.05. The fourth-order valence-corrected chi connectivity index (χ4v) is 4.56. The number of nitrogens with zero attached hydrogens (tertiary/aromatic N) is 4. The van der Waals surface area contributed by atoms with Gasteiger partial charge in [-0.05, 0) is 49.2 Å². The summed E-state index contributed by atoms with van der Waals surface area (Å²) in [6.45, 7) is 1.09. The molecule has 0 radical (unpaired) electrons. The number of carbonyl (C=O) groups is 2. The number of aromatic nitrogens is 3. The second-order valence-electron chi connectivity index (χ2n) is 8.83. The van der Waals surface area contributed by atoms with E-state index in [-0.39, 0.29) is 24.2 Å². The van der Waals surface area contributed by atoms with Crippen LogP contribution in [0, 0.1) is 5.92 Å². The standard InChI is InChI=1S/C28H26ClN5O2/c29-23-11-9-20(10-12-23)27-22(19-34(32-27)24-6-2-1-3-7-24)18-26(35)33-16-13-21(14-17-33)28(36)31-25-8-4-5-15-30-25/h1-12,15,19,21H,13-14,16-18H2,(H,30,31,36). The Hall–Kier alpha value is -3.97. The third-order valence-corrected chi connectivity index (χ3v) is 6.66. The number of benzene rings is 2. The number of piperidine rings is 1. The highest BCUT2D eigenvalue weighted by atomic mass is 35.5. The van der Waals surface area contributed by atoms with Crippen molar-refractivity contribution in [3.8, 4) is 16.9 Å². The Balaban J connectivity index is 1.28. The summed E-state index contributed by atoms with van der Waals surface area (Å²) < 4.78 is 1.81. The summed E-state index contributed by atoms with van der Waals surface area (Å²) in [5.41, 5.74) is 3.43. The molecular weight excluding hydrogens is 474 g/mol. The molecule has 0 spiro atoms. The molecule has 0 atom stereocenters. The van der Waals surface area contributed by atoms with Crippen LogP contribution in [-0.2, 0) is 16.0 Å². The van der Waals surface area contributed by atoms with Crippen molar-refractivity contribution >= 4 is 29.2 Å². The Morgan fingerprint density at radius 1 is 0.944 bits per heavy atom. The van der Waals surface area contributed by atoms with E-state index in [9.17, 15) is 9.59 Å². The smallest absolute Gasteiger partial charge is 0.228 e. The SMILES string of the molecule is O=C(Nc1ccccn1)C1CCN(C(=O)Cc2cn(-c3ccccc3)nc2-c2ccc(Cl)cc2)CC1. The first-order chi connectivity index (χ1) is 17.6. The zero-order valence-corrected chi connectivity index (χ0v) is 20.4. The van der Waals surface area contributed by atoms with Gasteiger partial charge in [0.05, 0.1) is 17.8 Å². The predicted octanol–water partition coefficient (Wildman–Crippen LogP) is 5.01. The van der Waals surface area contributed by atoms with E-state index in [2.05, 4.69) is 10.3 Å². The van der Waals surface area contributed by atoms with Gasteiger partial charge in [-0.25, -0.2) is 9.67 Å². The van der Waals surface area contributed by atoms with Crippen molar-refractivity contribution < 1.29 is 9.59 Å². The highest BCUT2D eigenvalue weighted by Crippen LogP contribution is 2.27. The number of hydrogen-bond acceptors (Lipinski definition) is 4. The summed E-state index contributed by atoms with van der Waals surface area (Å²) in [7, 11) is 0. The molecule has 3 heterocycles. The lowest BCUT2D eigenvalue weighted by Crippen LogP contribution is -2.42. The van der Waals surface area contributed by atoms with Crippen molar-refractivity contribution in [3.05, 3.63) is 95.8 Å². The zero-order chi connectivity index (χ0) is 24.9. The first kappa shape index (κ1) is 23.8. The lowest BCUT2D eigenvalue weighted by Gasteiger charge is -2.31. The average molecular weight is 500 g/mol. The number of para-hydroxylation sites is 1. The molecule has 182 valence electrons. The van der Waals surface area contributed by atoms with E-state index in [1.54, 1.807) is 16.9 Å². The van der Waals surface area contributed by atoms with Gasteiger partial charge in [0.25, 0.3) is 0 Å². The van der Waals surface area contributed by atoms with Crippen molar-refractivity contribution in [1.29, 1.82) is 0 Å². The summed E-state index contributed by atoms with van der Waals surface area (Å²) >= 11 is 6.09. The van der Waals surface area contributed by atoms with Gasteiger partial charge in [0.2, 0.25) is 11.8 Å². The second-order valence-corrected chi connectivity index (χ2v) is 9.26. The van der Waals surface area contributed by atoms with E-state index in [1.807, 2.05) is 77.8 Å². The monoisotopic (exact) mass is 499 g/mol. The second kappa shape index (κ2) is 10.7. The van der Waals surface area contributed by atoms with E-state index in [4.69, 9.17) is 16.7 Å². The Kier molecular flexibility index (Phi) is 7.09. The van der Waals surface area contributed by atoms with Crippen molar-refractivity contribution in [1.82, 2.24) is 19.7 Å². The van der Waals surface area contributed by atoms with E-state index < -0.39 is 0 Å². The number of hydrogen-bond donors (Lipinski definition) is 1. The predicted molar refractivity (Wildman–Crippen MR) is 140 cm³/mol. The Morgan fingerprint density at radius 3 is 2.36 bits per heavy atom. The first-order valence-corrected chi connectivity index (χ1v) is 12.3. The molecule has 1 aliphatic heterocycles.